The number of Topliss-reactive ketones (excluding diaryl/α,β-unsaturated/α-hetero) is 2. The lowest BCUT2D eigenvalue weighted by Gasteiger charge is -2.17. The van der Waals surface area contributed by atoms with Crippen LogP contribution >= 0.6 is 23.2 Å². The Balaban J connectivity index is 2.26. The summed E-state index contributed by atoms with van der Waals surface area (Å²) in [6.07, 6.45) is 2.78. The molecular weight excluding hydrogens is 263 g/mol. The van der Waals surface area contributed by atoms with E-state index in [2.05, 4.69) is 4.98 Å². The van der Waals surface area contributed by atoms with Gasteiger partial charge in [0.15, 0.2) is 0 Å². The minimum atomic E-state index is -0.451. The number of carbonyl (C=O) groups excluding carboxylic acids is 2. The van der Waals surface area contributed by atoms with Crippen molar-refractivity contribution in [1.29, 1.82) is 0 Å². The highest BCUT2D eigenvalue weighted by Gasteiger charge is 2.36. The number of nitrogens with zero attached hydrogens (tertiary/aromatic N) is 2. The van der Waals surface area contributed by atoms with Gasteiger partial charge in [0.1, 0.15) is 27.3 Å². The van der Waals surface area contributed by atoms with E-state index in [9.17, 15) is 9.59 Å². The predicted octanol–water partition coefficient (Wildman–Crippen LogP) is 2.29. The maximum Gasteiger partial charge on any atom is 0.226 e. The summed E-state index contributed by atoms with van der Waals surface area (Å²) in [5.74, 6) is -0.0705. The fourth-order valence-electron chi connectivity index (χ4n) is 2.28. The van der Waals surface area contributed by atoms with Gasteiger partial charge in [-0.1, -0.05) is 23.2 Å². The number of allylic oxidation sites excluding steroid dienone is 2. The molecule has 0 aromatic carbocycles. The van der Waals surface area contributed by atoms with Crippen molar-refractivity contribution >= 4 is 34.8 Å². The number of ketones is 2. The van der Waals surface area contributed by atoms with Crippen LogP contribution in [-0.4, -0.2) is 21.1 Å². The Morgan fingerprint density at radius 1 is 1.06 bits per heavy atom. The zero-order chi connectivity index (χ0) is 12.2. The normalized spacial score (nSPS) is 19.4. The van der Waals surface area contributed by atoms with Crippen LogP contribution in [0.15, 0.2) is 10.1 Å². The molecule has 1 aromatic heterocycles. The molecule has 0 spiro atoms. The first kappa shape index (κ1) is 11.0. The van der Waals surface area contributed by atoms with Gasteiger partial charge in [0.2, 0.25) is 11.6 Å². The quantitative estimate of drug-likeness (QED) is 0.727. The van der Waals surface area contributed by atoms with Gasteiger partial charge in [0, 0.05) is 13.0 Å². The van der Waals surface area contributed by atoms with Crippen LogP contribution in [0.3, 0.4) is 0 Å². The van der Waals surface area contributed by atoms with E-state index in [-0.39, 0.29) is 15.8 Å². The number of imidazole rings is 1. The molecule has 0 amide bonds. The summed E-state index contributed by atoms with van der Waals surface area (Å²) < 4.78 is 1.80. The van der Waals surface area contributed by atoms with Crippen molar-refractivity contribution < 1.29 is 9.59 Å². The molecule has 17 heavy (non-hydrogen) atoms. The third-order valence-corrected chi connectivity index (χ3v) is 3.92. The summed E-state index contributed by atoms with van der Waals surface area (Å²) in [6, 6.07) is 0. The maximum absolute atomic E-state index is 12.0. The fraction of sp³-hybridized carbons (Fsp3) is 0.364. The van der Waals surface area contributed by atoms with Crippen LogP contribution in [0, 0.1) is 0 Å². The standard InChI is InChI=1S/C11H8Cl2N2O2/c12-6-7(13)11(17)9-8(10(6)16)14-5-3-1-2-4-15(5)9/h1-4H2. The second-order valence-electron chi connectivity index (χ2n) is 4.12. The van der Waals surface area contributed by atoms with Crippen molar-refractivity contribution in [3.63, 3.8) is 0 Å². The minimum absolute atomic E-state index is 0.154. The number of carbonyl (C=O) groups is 2. The van der Waals surface area contributed by atoms with Crippen molar-refractivity contribution in [1.82, 2.24) is 9.55 Å². The van der Waals surface area contributed by atoms with Crippen molar-refractivity contribution in [3.8, 4) is 0 Å². The molecule has 0 N–H and O–H groups in total. The van der Waals surface area contributed by atoms with Crippen LogP contribution in [0.25, 0.3) is 0 Å². The van der Waals surface area contributed by atoms with E-state index in [1.807, 2.05) is 0 Å². The van der Waals surface area contributed by atoms with Crippen LogP contribution < -0.4 is 0 Å². The zero-order valence-corrected chi connectivity index (χ0v) is 10.3. The molecule has 0 atom stereocenters. The highest BCUT2D eigenvalue weighted by molar-refractivity contribution is 6.59. The van der Waals surface area contributed by atoms with Gasteiger partial charge in [-0.2, -0.15) is 0 Å². The lowest BCUT2D eigenvalue weighted by Crippen LogP contribution is -2.22. The molecule has 0 radical (unpaired) electrons. The Bertz CT molecular complexity index is 587. The van der Waals surface area contributed by atoms with Crippen molar-refractivity contribution in [2.24, 2.45) is 0 Å². The molecule has 1 aliphatic carbocycles. The Morgan fingerprint density at radius 2 is 1.76 bits per heavy atom. The van der Waals surface area contributed by atoms with E-state index in [0.717, 1.165) is 25.1 Å². The van der Waals surface area contributed by atoms with Gasteiger partial charge in [-0.3, -0.25) is 9.59 Å². The summed E-state index contributed by atoms with van der Waals surface area (Å²) in [5, 5.41) is -0.419. The van der Waals surface area contributed by atoms with E-state index < -0.39 is 11.6 Å². The largest absolute Gasteiger partial charge is 0.325 e. The van der Waals surface area contributed by atoms with Crippen molar-refractivity contribution in [2.75, 3.05) is 0 Å². The zero-order valence-electron chi connectivity index (χ0n) is 8.80. The highest BCUT2D eigenvalue weighted by atomic mass is 35.5. The fourth-order valence-corrected chi connectivity index (χ4v) is 2.63. The molecule has 0 bridgehead atoms. The molecule has 0 unspecified atom stereocenters. The lowest BCUT2D eigenvalue weighted by molar-refractivity contribution is 0.0978. The molecule has 2 heterocycles. The average Bonchev–Trinajstić information content (AvgIpc) is 2.73. The molecule has 6 heteroatoms. The monoisotopic (exact) mass is 270 g/mol. The van der Waals surface area contributed by atoms with Gasteiger partial charge in [-0.15, -0.1) is 0 Å². The molecule has 2 aliphatic rings. The molecular formula is C11H8Cl2N2O2. The SMILES string of the molecule is O=C1C(Cl)=C(Cl)C(=O)c2c1nc1n2CCCC1. The van der Waals surface area contributed by atoms with E-state index in [1.54, 1.807) is 4.57 Å². The molecule has 0 fully saturated rings. The molecule has 1 aromatic rings. The summed E-state index contributed by atoms with van der Waals surface area (Å²) in [7, 11) is 0. The topological polar surface area (TPSA) is 52.0 Å². The second kappa shape index (κ2) is 3.68. The maximum atomic E-state index is 12.0. The summed E-state index contributed by atoms with van der Waals surface area (Å²) >= 11 is 11.5. The summed E-state index contributed by atoms with van der Waals surface area (Å²) in [5.41, 5.74) is 0.459. The molecule has 0 saturated heterocycles. The summed E-state index contributed by atoms with van der Waals surface area (Å²) in [4.78, 5) is 28.1. The van der Waals surface area contributed by atoms with Crippen molar-refractivity contribution in [3.05, 3.63) is 27.3 Å². The molecule has 1 aliphatic heterocycles. The lowest BCUT2D eigenvalue weighted by atomic mass is 10.0. The third kappa shape index (κ3) is 1.40. The van der Waals surface area contributed by atoms with Gasteiger partial charge < -0.3 is 4.57 Å². The molecule has 3 rings (SSSR count). The Morgan fingerprint density at radius 3 is 2.53 bits per heavy atom. The molecule has 88 valence electrons. The van der Waals surface area contributed by atoms with E-state index in [4.69, 9.17) is 23.2 Å². The molecule has 4 nitrogen and oxygen atoms in total. The number of rotatable bonds is 0. The van der Waals surface area contributed by atoms with Gasteiger partial charge in [-0.05, 0) is 12.8 Å². The van der Waals surface area contributed by atoms with Crippen LogP contribution in [0.1, 0.15) is 39.6 Å². The number of hydrogen-bond acceptors (Lipinski definition) is 3. The van der Waals surface area contributed by atoms with Gasteiger partial charge in [0.05, 0.1) is 0 Å². The average molecular weight is 271 g/mol. The van der Waals surface area contributed by atoms with E-state index >= 15 is 0 Å². The number of fused-ring (bicyclic) bond motifs is 3. The number of halogens is 2. The first-order valence-corrected chi connectivity index (χ1v) is 6.11. The van der Waals surface area contributed by atoms with Crippen LogP contribution in [0.4, 0.5) is 0 Å². The Labute approximate surface area is 107 Å². The number of hydrogen-bond donors (Lipinski definition) is 0. The van der Waals surface area contributed by atoms with E-state index in [1.165, 1.54) is 0 Å². The summed E-state index contributed by atoms with van der Waals surface area (Å²) in [6.45, 7) is 0.707. The van der Waals surface area contributed by atoms with Crippen LogP contribution in [-0.2, 0) is 13.0 Å². The molecule has 0 saturated carbocycles. The Kier molecular flexibility index (Phi) is 2.38. The first-order chi connectivity index (χ1) is 8.11. The second-order valence-corrected chi connectivity index (χ2v) is 4.88. The smallest absolute Gasteiger partial charge is 0.226 e. The van der Waals surface area contributed by atoms with Crippen molar-refractivity contribution in [2.45, 2.75) is 25.8 Å². The number of aromatic nitrogens is 2. The van der Waals surface area contributed by atoms with E-state index in [0.29, 0.717) is 12.2 Å². The third-order valence-electron chi connectivity index (χ3n) is 3.10. The van der Waals surface area contributed by atoms with Crippen LogP contribution in [0.5, 0.6) is 0 Å². The number of aryl methyl sites for hydroxylation is 1. The highest BCUT2D eigenvalue weighted by Crippen LogP contribution is 2.32. The van der Waals surface area contributed by atoms with Gasteiger partial charge >= 0.3 is 0 Å². The van der Waals surface area contributed by atoms with Gasteiger partial charge in [0.25, 0.3) is 0 Å². The predicted molar refractivity (Wildman–Crippen MR) is 62.6 cm³/mol. The van der Waals surface area contributed by atoms with Crippen LogP contribution in [0.2, 0.25) is 0 Å². The Hall–Kier alpha value is -1.13. The first-order valence-electron chi connectivity index (χ1n) is 5.35. The van der Waals surface area contributed by atoms with Gasteiger partial charge in [-0.25, -0.2) is 4.98 Å². The minimum Gasteiger partial charge on any atom is -0.325 e.